The Hall–Kier alpha value is -1.39. The summed E-state index contributed by atoms with van der Waals surface area (Å²) in [6.07, 6.45) is 2.03. The summed E-state index contributed by atoms with van der Waals surface area (Å²) >= 11 is 0. The molecule has 1 atom stereocenters. The standard InChI is InChI=1S/C20H30N6O.HI/c1-2-21-20(26-10-8-16(15-26)25-11-13-27-14-12-25)22-9-7-19-23-17-5-3-4-6-18(17)24-19;/h3-6,16H,2,7-15H2,1H3,(H,21,22)(H,23,24);1H. The van der Waals surface area contributed by atoms with Crippen LogP contribution >= 0.6 is 24.0 Å². The largest absolute Gasteiger partial charge is 0.379 e. The zero-order valence-electron chi connectivity index (χ0n) is 16.6. The van der Waals surface area contributed by atoms with Crippen LogP contribution in [0.4, 0.5) is 0 Å². The summed E-state index contributed by atoms with van der Waals surface area (Å²) in [6.45, 7) is 9.71. The van der Waals surface area contributed by atoms with Crippen LogP contribution < -0.4 is 5.32 Å². The van der Waals surface area contributed by atoms with E-state index in [0.717, 1.165) is 81.7 Å². The first kappa shape index (κ1) is 21.3. The molecular formula is C20H31IN6O. The average molecular weight is 498 g/mol. The van der Waals surface area contributed by atoms with Crippen molar-refractivity contribution in [3.05, 3.63) is 30.1 Å². The normalized spacial score (nSPS) is 21.1. The highest BCUT2D eigenvalue weighted by atomic mass is 127. The Bertz CT molecular complexity index is 740. The molecular weight excluding hydrogens is 467 g/mol. The van der Waals surface area contributed by atoms with Crippen LogP contribution in [0, 0.1) is 0 Å². The SMILES string of the molecule is CCNC(=NCCc1nc2ccccc2[nH]1)N1CCC(N2CCOCC2)C1.I. The van der Waals surface area contributed by atoms with E-state index in [4.69, 9.17) is 9.73 Å². The second kappa shape index (κ2) is 10.4. The van der Waals surface area contributed by atoms with Crippen molar-refractivity contribution in [2.75, 3.05) is 52.5 Å². The van der Waals surface area contributed by atoms with Crippen LogP contribution in [-0.2, 0) is 11.2 Å². The van der Waals surface area contributed by atoms with Crippen LogP contribution in [0.3, 0.4) is 0 Å². The van der Waals surface area contributed by atoms with Gasteiger partial charge in [0.05, 0.1) is 24.2 Å². The maximum Gasteiger partial charge on any atom is 0.193 e. The Morgan fingerprint density at radius 1 is 1.29 bits per heavy atom. The number of imidazole rings is 1. The van der Waals surface area contributed by atoms with E-state index >= 15 is 0 Å². The van der Waals surface area contributed by atoms with Crippen LogP contribution in [0.25, 0.3) is 11.0 Å². The van der Waals surface area contributed by atoms with Crippen molar-refractivity contribution in [3.8, 4) is 0 Å². The molecule has 2 fully saturated rings. The van der Waals surface area contributed by atoms with Gasteiger partial charge in [-0.15, -0.1) is 24.0 Å². The summed E-state index contributed by atoms with van der Waals surface area (Å²) in [7, 11) is 0. The number of para-hydroxylation sites is 2. The Kier molecular flexibility index (Phi) is 7.92. The lowest BCUT2D eigenvalue weighted by atomic mass is 10.2. The summed E-state index contributed by atoms with van der Waals surface area (Å²) < 4.78 is 5.49. The zero-order valence-corrected chi connectivity index (χ0v) is 18.9. The van der Waals surface area contributed by atoms with E-state index in [1.807, 2.05) is 18.2 Å². The Balaban J connectivity index is 0.00000225. The Morgan fingerprint density at radius 2 is 2.11 bits per heavy atom. The second-order valence-electron chi connectivity index (χ2n) is 7.22. The molecule has 3 heterocycles. The molecule has 0 bridgehead atoms. The molecule has 2 aliphatic heterocycles. The van der Waals surface area contributed by atoms with Crippen molar-refractivity contribution in [2.24, 2.45) is 4.99 Å². The summed E-state index contributed by atoms with van der Waals surface area (Å²) in [5, 5.41) is 3.46. The maximum atomic E-state index is 5.49. The van der Waals surface area contributed by atoms with E-state index in [1.54, 1.807) is 0 Å². The third kappa shape index (κ3) is 5.15. The lowest BCUT2D eigenvalue weighted by Gasteiger charge is -2.32. The number of nitrogens with one attached hydrogen (secondary N) is 2. The molecule has 0 radical (unpaired) electrons. The quantitative estimate of drug-likeness (QED) is 0.376. The highest BCUT2D eigenvalue weighted by Gasteiger charge is 2.30. The number of aliphatic imine (C=N–C) groups is 1. The molecule has 2 saturated heterocycles. The second-order valence-corrected chi connectivity index (χ2v) is 7.22. The van der Waals surface area contributed by atoms with Gasteiger partial charge in [-0.2, -0.15) is 0 Å². The molecule has 4 rings (SSSR count). The van der Waals surface area contributed by atoms with Gasteiger partial charge in [0.15, 0.2) is 5.96 Å². The molecule has 0 saturated carbocycles. The van der Waals surface area contributed by atoms with E-state index in [0.29, 0.717) is 6.04 Å². The van der Waals surface area contributed by atoms with Crippen molar-refractivity contribution in [1.82, 2.24) is 25.1 Å². The molecule has 1 unspecified atom stereocenters. The van der Waals surface area contributed by atoms with Gasteiger partial charge in [0, 0.05) is 51.7 Å². The monoisotopic (exact) mass is 498 g/mol. The van der Waals surface area contributed by atoms with Crippen LogP contribution in [0.2, 0.25) is 0 Å². The van der Waals surface area contributed by atoms with Gasteiger partial charge < -0.3 is 19.9 Å². The number of nitrogens with zero attached hydrogens (tertiary/aromatic N) is 4. The first-order valence-electron chi connectivity index (χ1n) is 10.1. The van der Waals surface area contributed by atoms with Crippen molar-refractivity contribution in [3.63, 3.8) is 0 Å². The molecule has 0 spiro atoms. The number of hydrogen-bond donors (Lipinski definition) is 2. The van der Waals surface area contributed by atoms with Crippen LogP contribution in [-0.4, -0.2) is 84.3 Å². The van der Waals surface area contributed by atoms with E-state index in [9.17, 15) is 0 Å². The van der Waals surface area contributed by atoms with Gasteiger partial charge >= 0.3 is 0 Å². The average Bonchev–Trinajstić information content (AvgIpc) is 3.35. The molecule has 1 aromatic carbocycles. The number of halogens is 1. The van der Waals surface area contributed by atoms with Gasteiger partial charge in [0.2, 0.25) is 0 Å². The molecule has 0 aliphatic carbocycles. The molecule has 2 aromatic rings. The molecule has 0 amide bonds. The topological polar surface area (TPSA) is 68.8 Å². The summed E-state index contributed by atoms with van der Waals surface area (Å²) in [5.41, 5.74) is 2.12. The Morgan fingerprint density at radius 3 is 2.89 bits per heavy atom. The third-order valence-corrected chi connectivity index (χ3v) is 5.41. The number of guanidine groups is 1. The number of rotatable bonds is 5. The highest BCUT2D eigenvalue weighted by molar-refractivity contribution is 14.0. The van der Waals surface area contributed by atoms with Crippen molar-refractivity contribution in [1.29, 1.82) is 0 Å². The molecule has 2 N–H and O–H groups in total. The molecule has 28 heavy (non-hydrogen) atoms. The van der Waals surface area contributed by atoms with Gasteiger partial charge in [0.1, 0.15) is 5.82 Å². The lowest BCUT2D eigenvalue weighted by molar-refractivity contribution is 0.0195. The number of H-pyrrole nitrogens is 1. The summed E-state index contributed by atoms with van der Waals surface area (Å²) in [4.78, 5) is 17.9. The van der Waals surface area contributed by atoms with E-state index in [2.05, 4.69) is 38.1 Å². The van der Waals surface area contributed by atoms with Gasteiger partial charge in [-0.05, 0) is 25.5 Å². The number of fused-ring (bicyclic) bond motifs is 1. The fourth-order valence-electron chi connectivity index (χ4n) is 3.99. The van der Waals surface area contributed by atoms with Gasteiger partial charge in [0.25, 0.3) is 0 Å². The highest BCUT2D eigenvalue weighted by Crippen LogP contribution is 2.17. The predicted molar refractivity (Wildman–Crippen MR) is 124 cm³/mol. The number of hydrogen-bond acceptors (Lipinski definition) is 4. The third-order valence-electron chi connectivity index (χ3n) is 5.41. The van der Waals surface area contributed by atoms with Gasteiger partial charge in [-0.1, -0.05) is 12.1 Å². The van der Waals surface area contributed by atoms with Crippen LogP contribution in [0.15, 0.2) is 29.3 Å². The first-order valence-corrected chi connectivity index (χ1v) is 10.1. The molecule has 1 aromatic heterocycles. The minimum atomic E-state index is 0. The predicted octanol–water partition coefficient (Wildman–Crippen LogP) is 2.10. The number of likely N-dealkylation sites (tertiary alicyclic amines) is 1. The fourth-order valence-corrected chi connectivity index (χ4v) is 3.99. The first-order chi connectivity index (χ1) is 13.3. The van der Waals surface area contributed by atoms with E-state index in [1.165, 1.54) is 6.42 Å². The van der Waals surface area contributed by atoms with Crippen molar-refractivity contribution < 1.29 is 4.74 Å². The van der Waals surface area contributed by atoms with Gasteiger partial charge in [-0.25, -0.2) is 4.98 Å². The minimum Gasteiger partial charge on any atom is -0.379 e. The van der Waals surface area contributed by atoms with Crippen molar-refractivity contribution >= 4 is 41.0 Å². The number of aromatic nitrogens is 2. The summed E-state index contributed by atoms with van der Waals surface area (Å²) in [5.74, 6) is 2.03. The fraction of sp³-hybridized carbons (Fsp3) is 0.600. The van der Waals surface area contributed by atoms with Crippen LogP contribution in [0.1, 0.15) is 19.2 Å². The molecule has 2 aliphatic rings. The number of benzene rings is 1. The van der Waals surface area contributed by atoms with Crippen molar-refractivity contribution in [2.45, 2.75) is 25.8 Å². The maximum absolute atomic E-state index is 5.49. The van der Waals surface area contributed by atoms with Gasteiger partial charge in [-0.3, -0.25) is 9.89 Å². The van der Waals surface area contributed by atoms with Crippen LogP contribution in [0.5, 0.6) is 0 Å². The summed E-state index contributed by atoms with van der Waals surface area (Å²) in [6, 6.07) is 8.78. The van der Waals surface area contributed by atoms with E-state index < -0.39 is 0 Å². The lowest BCUT2D eigenvalue weighted by Crippen LogP contribution is -2.46. The number of aromatic amines is 1. The zero-order chi connectivity index (χ0) is 18.5. The minimum absolute atomic E-state index is 0. The smallest absolute Gasteiger partial charge is 0.193 e. The molecule has 8 heteroatoms. The molecule has 154 valence electrons. The molecule has 7 nitrogen and oxygen atoms in total. The Labute approximate surface area is 183 Å². The number of morpholine rings is 1. The number of ether oxygens (including phenoxy) is 1. The van der Waals surface area contributed by atoms with E-state index in [-0.39, 0.29) is 24.0 Å².